The van der Waals surface area contributed by atoms with Crippen LogP contribution in [-0.4, -0.2) is 43.5 Å². The van der Waals surface area contributed by atoms with Crippen LogP contribution in [0.3, 0.4) is 0 Å². The number of nitrogens with zero attached hydrogens (tertiary/aromatic N) is 1. The molecule has 0 aliphatic rings. The van der Waals surface area contributed by atoms with E-state index in [9.17, 15) is 14.0 Å². The van der Waals surface area contributed by atoms with Crippen LogP contribution in [0.5, 0.6) is 0 Å². The van der Waals surface area contributed by atoms with E-state index in [1.807, 2.05) is 24.3 Å². The van der Waals surface area contributed by atoms with Crippen LogP contribution in [0.15, 0.2) is 53.0 Å². The Labute approximate surface area is 160 Å². The monoisotopic (exact) mass is 421 g/mol. The van der Waals surface area contributed by atoms with E-state index in [0.717, 1.165) is 16.5 Å². The second-order valence-electron chi connectivity index (χ2n) is 5.79. The molecule has 0 spiro atoms. The molecule has 0 fully saturated rings. The van der Waals surface area contributed by atoms with Crippen LogP contribution < -0.4 is 10.6 Å². The van der Waals surface area contributed by atoms with Crippen molar-refractivity contribution in [2.24, 2.45) is 0 Å². The summed E-state index contributed by atoms with van der Waals surface area (Å²) in [6, 6.07) is 13.1. The SMILES string of the molecule is CN(CCc1ccc(Br)cc1)C(=O)NCCNC(=O)c1ccc(F)cc1. The van der Waals surface area contributed by atoms with Gasteiger partial charge in [-0.3, -0.25) is 4.79 Å². The predicted octanol–water partition coefficient (Wildman–Crippen LogP) is 3.20. The number of likely N-dealkylation sites (N-methyl/N-ethyl adjacent to an activating group) is 1. The molecule has 2 rings (SSSR count). The Morgan fingerprint density at radius 3 is 2.27 bits per heavy atom. The zero-order chi connectivity index (χ0) is 18.9. The van der Waals surface area contributed by atoms with Crippen molar-refractivity contribution < 1.29 is 14.0 Å². The largest absolute Gasteiger partial charge is 0.350 e. The van der Waals surface area contributed by atoms with Gasteiger partial charge in [0.05, 0.1) is 0 Å². The minimum absolute atomic E-state index is 0.196. The van der Waals surface area contributed by atoms with Gasteiger partial charge >= 0.3 is 6.03 Å². The first kappa shape index (κ1) is 19.9. The molecular formula is C19H21BrFN3O2. The highest BCUT2D eigenvalue weighted by Crippen LogP contribution is 2.11. The Bertz CT molecular complexity index is 735. The molecule has 0 heterocycles. The molecule has 0 radical (unpaired) electrons. The van der Waals surface area contributed by atoms with E-state index in [2.05, 4.69) is 26.6 Å². The summed E-state index contributed by atoms with van der Waals surface area (Å²) in [5, 5.41) is 5.43. The third-order valence-electron chi connectivity index (χ3n) is 3.79. The van der Waals surface area contributed by atoms with Crippen LogP contribution in [0.25, 0.3) is 0 Å². The second kappa shape index (κ2) is 9.91. The molecule has 7 heteroatoms. The van der Waals surface area contributed by atoms with E-state index in [1.165, 1.54) is 24.3 Å². The Hall–Kier alpha value is -2.41. The molecule has 0 bridgehead atoms. The minimum Gasteiger partial charge on any atom is -0.350 e. The smallest absolute Gasteiger partial charge is 0.317 e. The zero-order valence-corrected chi connectivity index (χ0v) is 16.1. The lowest BCUT2D eigenvalue weighted by atomic mass is 10.1. The summed E-state index contributed by atoms with van der Waals surface area (Å²) in [5.41, 5.74) is 1.53. The third-order valence-corrected chi connectivity index (χ3v) is 4.32. The standard InChI is InChI=1S/C19H21BrFN3O2/c1-24(13-10-14-2-6-16(20)7-3-14)19(26)23-12-11-22-18(25)15-4-8-17(21)9-5-15/h2-9H,10-13H2,1H3,(H,22,25)(H,23,26). The van der Waals surface area contributed by atoms with Crippen molar-refractivity contribution in [2.45, 2.75) is 6.42 Å². The number of nitrogens with one attached hydrogen (secondary N) is 2. The maximum Gasteiger partial charge on any atom is 0.317 e. The fourth-order valence-electron chi connectivity index (χ4n) is 2.23. The molecule has 5 nitrogen and oxygen atoms in total. The van der Waals surface area contributed by atoms with Gasteiger partial charge in [0.15, 0.2) is 0 Å². The Balaban J connectivity index is 1.65. The molecule has 26 heavy (non-hydrogen) atoms. The van der Waals surface area contributed by atoms with Crippen LogP contribution in [0, 0.1) is 5.82 Å². The van der Waals surface area contributed by atoms with E-state index < -0.39 is 0 Å². The van der Waals surface area contributed by atoms with Crippen LogP contribution >= 0.6 is 15.9 Å². The normalized spacial score (nSPS) is 10.3. The summed E-state index contributed by atoms with van der Waals surface area (Å²) < 4.78 is 13.8. The van der Waals surface area contributed by atoms with Gasteiger partial charge in [0.2, 0.25) is 0 Å². The van der Waals surface area contributed by atoms with Crippen molar-refractivity contribution in [3.63, 3.8) is 0 Å². The lowest BCUT2D eigenvalue weighted by Gasteiger charge is -2.18. The van der Waals surface area contributed by atoms with Crippen molar-refractivity contribution in [1.29, 1.82) is 0 Å². The summed E-state index contributed by atoms with van der Waals surface area (Å²) in [6.07, 6.45) is 0.762. The van der Waals surface area contributed by atoms with Gasteiger partial charge < -0.3 is 15.5 Å². The maximum absolute atomic E-state index is 12.8. The summed E-state index contributed by atoms with van der Waals surface area (Å²) >= 11 is 3.39. The molecule has 0 aliphatic carbocycles. The molecule has 138 valence electrons. The number of hydrogen-bond acceptors (Lipinski definition) is 2. The highest BCUT2D eigenvalue weighted by atomic mass is 79.9. The van der Waals surface area contributed by atoms with Gasteiger partial charge in [0.1, 0.15) is 5.82 Å². The first-order chi connectivity index (χ1) is 12.5. The van der Waals surface area contributed by atoms with Crippen LogP contribution in [0.2, 0.25) is 0 Å². The number of carbonyl (C=O) groups is 2. The highest BCUT2D eigenvalue weighted by Gasteiger charge is 2.09. The molecule has 2 N–H and O–H groups in total. The van der Waals surface area contributed by atoms with E-state index in [-0.39, 0.29) is 17.8 Å². The first-order valence-corrected chi connectivity index (χ1v) is 9.02. The van der Waals surface area contributed by atoms with Crippen LogP contribution in [0.1, 0.15) is 15.9 Å². The molecule has 3 amide bonds. The van der Waals surface area contributed by atoms with Gasteiger partial charge in [-0.05, 0) is 48.4 Å². The lowest BCUT2D eigenvalue weighted by molar-refractivity contribution is 0.0953. The molecule has 0 saturated heterocycles. The Kier molecular flexibility index (Phi) is 7.59. The lowest BCUT2D eigenvalue weighted by Crippen LogP contribution is -2.42. The number of benzene rings is 2. The van der Waals surface area contributed by atoms with Crippen molar-refractivity contribution in [1.82, 2.24) is 15.5 Å². The van der Waals surface area contributed by atoms with Crippen molar-refractivity contribution in [3.8, 4) is 0 Å². The van der Waals surface area contributed by atoms with E-state index >= 15 is 0 Å². The molecule has 0 saturated carbocycles. The van der Waals surface area contributed by atoms with E-state index in [4.69, 9.17) is 0 Å². The quantitative estimate of drug-likeness (QED) is 0.674. The topological polar surface area (TPSA) is 61.4 Å². The number of carbonyl (C=O) groups excluding carboxylic acids is 2. The van der Waals surface area contributed by atoms with Gasteiger partial charge in [-0.15, -0.1) is 0 Å². The van der Waals surface area contributed by atoms with Crippen molar-refractivity contribution >= 4 is 27.9 Å². The van der Waals surface area contributed by atoms with Gasteiger partial charge in [-0.1, -0.05) is 28.1 Å². The zero-order valence-electron chi connectivity index (χ0n) is 14.5. The van der Waals surface area contributed by atoms with Crippen molar-refractivity contribution in [2.75, 3.05) is 26.7 Å². The number of amides is 3. The van der Waals surface area contributed by atoms with Gasteiger partial charge in [0, 0.05) is 36.7 Å². The molecular weight excluding hydrogens is 401 g/mol. The Morgan fingerprint density at radius 2 is 1.62 bits per heavy atom. The molecule has 0 aromatic heterocycles. The number of rotatable bonds is 7. The third kappa shape index (κ3) is 6.48. The predicted molar refractivity (Wildman–Crippen MR) is 103 cm³/mol. The van der Waals surface area contributed by atoms with Gasteiger partial charge in [0.25, 0.3) is 5.91 Å². The maximum atomic E-state index is 12.8. The average molecular weight is 422 g/mol. The number of hydrogen-bond donors (Lipinski definition) is 2. The van der Waals surface area contributed by atoms with E-state index in [0.29, 0.717) is 25.2 Å². The summed E-state index contributed by atoms with van der Waals surface area (Å²) in [7, 11) is 1.73. The number of urea groups is 1. The average Bonchev–Trinajstić information content (AvgIpc) is 2.64. The first-order valence-electron chi connectivity index (χ1n) is 8.23. The second-order valence-corrected chi connectivity index (χ2v) is 6.71. The fourth-order valence-corrected chi connectivity index (χ4v) is 2.50. The minimum atomic E-state index is -0.389. The fraction of sp³-hybridized carbons (Fsp3) is 0.263. The summed E-state index contributed by atoms with van der Waals surface area (Å²) in [4.78, 5) is 25.5. The van der Waals surface area contributed by atoms with Crippen molar-refractivity contribution in [3.05, 3.63) is 69.9 Å². The molecule has 0 aliphatic heterocycles. The van der Waals surface area contributed by atoms with Crippen LogP contribution in [0.4, 0.5) is 9.18 Å². The molecule has 2 aromatic rings. The molecule has 0 unspecified atom stereocenters. The van der Waals surface area contributed by atoms with E-state index in [1.54, 1.807) is 11.9 Å². The number of halogens is 2. The van der Waals surface area contributed by atoms with Gasteiger partial charge in [-0.25, -0.2) is 9.18 Å². The summed E-state index contributed by atoms with van der Waals surface area (Å²) in [6.45, 7) is 1.20. The van der Waals surface area contributed by atoms with Gasteiger partial charge in [-0.2, -0.15) is 0 Å². The highest BCUT2D eigenvalue weighted by molar-refractivity contribution is 9.10. The molecule has 0 atom stereocenters. The molecule has 2 aromatic carbocycles. The van der Waals surface area contributed by atoms with Crippen LogP contribution in [-0.2, 0) is 6.42 Å². The Morgan fingerprint density at radius 1 is 1.00 bits per heavy atom. The summed E-state index contributed by atoms with van der Waals surface area (Å²) in [5.74, 6) is -0.692.